The topological polar surface area (TPSA) is 29.0 Å². The van der Waals surface area contributed by atoms with Crippen molar-refractivity contribution in [1.29, 1.82) is 0 Å². The first-order valence-electron chi connectivity index (χ1n) is 4.07. The molecular weight excluding hydrogens is 226 g/mol. The van der Waals surface area contributed by atoms with Gasteiger partial charge in [0.25, 0.3) is 0 Å². The fourth-order valence-electron chi connectivity index (χ4n) is 1.47. The van der Waals surface area contributed by atoms with E-state index in [1.807, 2.05) is 11.8 Å². The van der Waals surface area contributed by atoms with Crippen molar-refractivity contribution >= 4 is 40.9 Å². The first kappa shape index (κ1) is 9.55. The molecule has 1 atom stereocenters. The maximum atomic E-state index is 5.90. The van der Waals surface area contributed by atoms with E-state index in [0.717, 1.165) is 24.2 Å². The van der Waals surface area contributed by atoms with E-state index in [2.05, 4.69) is 19.9 Å². The zero-order chi connectivity index (χ0) is 9.26. The average molecular weight is 236 g/mol. The third-order valence-electron chi connectivity index (χ3n) is 2.21. The molecule has 13 heavy (non-hydrogen) atoms. The summed E-state index contributed by atoms with van der Waals surface area (Å²) < 4.78 is 8.14. The molecule has 0 saturated carbocycles. The van der Waals surface area contributed by atoms with Crippen LogP contribution in [-0.2, 0) is 0 Å². The molecule has 72 valence electrons. The smallest absolute Gasteiger partial charge is 0.187 e. The molecule has 2 heterocycles. The summed E-state index contributed by atoms with van der Waals surface area (Å²) >= 11 is 8.99. The summed E-state index contributed by atoms with van der Waals surface area (Å²) in [6, 6.07) is 0. The Balaban J connectivity index is 2.08. The third-order valence-corrected chi connectivity index (χ3v) is 4.13. The number of rotatable bonds is 2. The van der Waals surface area contributed by atoms with Crippen molar-refractivity contribution in [3.8, 4) is 0 Å². The monoisotopic (exact) mass is 235 g/mol. The van der Waals surface area contributed by atoms with Crippen molar-refractivity contribution < 1.29 is 0 Å². The Labute approximate surface area is 90.8 Å². The van der Waals surface area contributed by atoms with Gasteiger partial charge in [-0.15, -0.1) is 0 Å². The van der Waals surface area contributed by atoms with E-state index >= 15 is 0 Å². The average Bonchev–Trinajstić information content (AvgIpc) is 2.71. The zero-order valence-electron chi connectivity index (χ0n) is 7.23. The number of hydrogen-bond donors (Lipinski definition) is 0. The Morgan fingerprint density at radius 2 is 2.46 bits per heavy atom. The summed E-state index contributed by atoms with van der Waals surface area (Å²) in [6.07, 6.45) is 3.37. The van der Waals surface area contributed by atoms with E-state index < -0.39 is 0 Å². The molecule has 3 nitrogen and oxygen atoms in total. The van der Waals surface area contributed by atoms with Gasteiger partial charge in [0, 0.05) is 18.3 Å². The summed E-state index contributed by atoms with van der Waals surface area (Å²) in [7, 11) is 0. The summed E-state index contributed by atoms with van der Waals surface area (Å²) in [4.78, 5) is 2.22. The van der Waals surface area contributed by atoms with Crippen LogP contribution < -0.4 is 4.90 Å². The summed E-state index contributed by atoms with van der Waals surface area (Å²) in [6.45, 7) is 2.10. The van der Waals surface area contributed by atoms with Gasteiger partial charge in [-0.25, -0.2) is 0 Å². The number of aromatic nitrogens is 2. The number of thioether (sulfide) groups is 1. The predicted octanol–water partition coefficient (Wildman–Crippen LogP) is 2.13. The van der Waals surface area contributed by atoms with Crippen molar-refractivity contribution in [3.05, 3.63) is 5.15 Å². The second kappa shape index (κ2) is 4.02. The van der Waals surface area contributed by atoms with Gasteiger partial charge in [-0.05, 0) is 12.7 Å². The molecule has 1 fully saturated rings. The van der Waals surface area contributed by atoms with Gasteiger partial charge in [0.15, 0.2) is 11.0 Å². The highest BCUT2D eigenvalue weighted by Crippen LogP contribution is 2.29. The number of anilines is 1. The van der Waals surface area contributed by atoms with Crippen molar-refractivity contribution in [2.45, 2.75) is 11.7 Å². The molecule has 1 unspecified atom stereocenters. The minimum atomic E-state index is 0.548. The van der Waals surface area contributed by atoms with E-state index in [9.17, 15) is 0 Å². The third kappa shape index (κ3) is 1.92. The molecule has 6 heteroatoms. The molecule has 1 aromatic rings. The number of halogens is 1. The van der Waals surface area contributed by atoms with Crippen LogP contribution in [0.3, 0.4) is 0 Å². The van der Waals surface area contributed by atoms with Crippen LogP contribution in [0.15, 0.2) is 0 Å². The van der Waals surface area contributed by atoms with Crippen LogP contribution in [0.4, 0.5) is 5.82 Å². The molecule has 0 amide bonds. The standard InChI is InChI=1S/C7H10ClN3S2/c1-12-5-2-3-11(4-5)7-6(8)9-13-10-7/h5H,2-4H2,1H3. The van der Waals surface area contributed by atoms with Crippen molar-refractivity contribution in [2.75, 3.05) is 24.2 Å². The van der Waals surface area contributed by atoms with Crippen LogP contribution in [0.2, 0.25) is 5.15 Å². The van der Waals surface area contributed by atoms with Crippen LogP contribution in [0.1, 0.15) is 6.42 Å². The Bertz CT molecular complexity index is 291. The Morgan fingerprint density at radius 1 is 1.62 bits per heavy atom. The molecule has 0 aliphatic carbocycles. The molecule has 0 bridgehead atoms. The molecule has 0 aromatic carbocycles. The molecule has 0 N–H and O–H groups in total. The van der Waals surface area contributed by atoms with Gasteiger partial charge in [0.1, 0.15) is 0 Å². The largest absolute Gasteiger partial charge is 0.352 e. The number of nitrogens with zero attached hydrogens (tertiary/aromatic N) is 3. The van der Waals surface area contributed by atoms with Crippen LogP contribution >= 0.6 is 35.1 Å². The van der Waals surface area contributed by atoms with Gasteiger partial charge in [-0.2, -0.15) is 20.5 Å². The van der Waals surface area contributed by atoms with E-state index in [0.29, 0.717) is 5.15 Å². The second-order valence-electron chi connectivity index (χ2n) is 2.97. The molecule has 2 rings (SSSR count). The maximum absolute atomic E-state index is 5.90. The molecule has 1 aromatic heterocycles. The lowest BCUT2D eigenvalue weighted by Crippen LogP contribution is -2.20. The quantitative estimate of drug-likeness (QED) is 0.786. The highest BCUT2D eigenvalue weighted by atomic mass is 35.5. The molecule has 1 saturated heterocycles. The van der Waals surface area contributed by atoms with Crippen LogP contribution in [0.5, 0.6) is 0 Å². The van der Waals surface area contributed by atoms with Crippen LogP contribution in [-0.4, -0.2) is 33.3 Å². The maximum Gasteiger partial charge on any atom is 0.187 e. The normalized spacial score (nSPS) is 22.6. The van der Waals surface area contributed by atoms with Gasteiger partial charge in [-0.1, -0.05) is 11.6 Å². The summed E-state index contributed by atoms with van der Waals surface area (Å²) in [5.41, 5.74) is 0. The summed E-state index contributed by atoms with van der Waals surface area (Å²) in [5.74, 6) is 0.864. The van der Waals surface area contributed by atoms with Gasteiger partial charge in [0.2, 0.25) is 0 Å². The minimum absolute atomic E-state index is 0.548. The van der Waals surface area contributed by atoms with E-state index in [1.54, 1.807) is 0 Å². The van der Waals surface area contributed by atoms with E-state index in [1.165, 1.54) is 18.1 Å². The second-order valence-corrected chi connectivity index (χ2v) is 5.00. The highest BCUT2D eigenvalue weighted by Gasteiger charge is 2.25. The van der Waals surface area contributed by atoms with Crippen molar-refractivity contribution in [2.24, 2.45) is 0 Å². The lowest BCUT2D eigenvalue weighted by molar-refractivity contribution is 0.951. The minimum Gasteiger partial charge on any atom is -0.352 e. The Kier molecular flexibility index (Phi) is 2.96. The first-order valence-corrected chi connectivity index (χ1v) is 6.46. The molecule has 0 radical (unpaired) electrons. The van der Waals surface area contributed by atoms with Gasteiger partial charge >= 0.3 is 0 Å². The molecular formula is C7H10ClN3S2. The Morgan fingerprint density at radius 3 is 3.00 bits per heavy atom. The van der Waals surface area contributed by atoms with Crippen molar-refractivity contribution in [3.63, 3.8) is 0 Å². The molecule has 0 spiro atoms. The highest BCUT2D eigenvalue weighted by molar-refractivity contribution is 7.99. The van der Waals surface area contributed by atoms with Crippen molar-refractivity contribution in [1.82, 2.24) is 8.75 Å². The zero-order valence-corrected chi connectivity index (χ0v) is 9.62. The number of hydrogen-bond acceptors (Lipinski definition) is 5. The Hall–Kier alpha value is -0.0000000000000000555. The van der Waals surface area contributed by atoms with E-state index in [4.69, 9.17) is 11.6 Å². The van der Waals surface area contributed by atoms with Crippen LogP contribution in [0.25, 0.3) is 0 Å². The summed E-state index contributed by atoms with van der Waals surface area (Å²) in [5, 5.41) is 1.27. The SMILES string of the molecule is CSC1CCN(c2nsnc2Cl)C1. The van der Waals surface area contributed by atoms with Crippen LogP contribution in [0, 0.1) is 0 Å². The fourth-order valence-corrected chi connectivity index (χ4v) is 2.92. The van der Waals surface area contributed by atoms with Gasteiger partial charge in [-0.3, -0.25) is 0 Å². The predicted molar refractivity (Wildman–Crippen MR) is 59.1 cm³/mol. The lowest BCUT2D eigenvalue weighted by Gasteiger charge is -2.14. The molecule has 1 aliphatic rings. The van der Waals surface area contributed by atoms with Gasteiger partial charge < -0.3 is 4.90 Å². The van der Waals surface area contributed by atoms with Gasteiger partial charge in [0.05, 0.1) is 11.7 Å². The lowest BCUT2D eigenvalue weighted by atomic mass is 10.4. The van der Waals surface area contributed by atoms with E-state index in [-0.39, 0.29) is 0 Å². The first-order chi connectivity index (χ1) is 6.31. The fraction of sp³-hybridized carbons (Fsp3) is 0.714. The molecule has 1 aliphatic heterocycles.